The lowest BCUT2D eigenvalue weighted by Crippen LogP contribution is -2.31. The number of imidazole rings is 1. The summed E-state index contributed by atoms with van der Waals surface area (Å²) in [5.74, 6) is 2.13. The SMILES string of the molecule is COc1ccc(-c2cnc3c(Nc4ccc(C(=O)NCCC5CCNCC5)c(C)c4)nccn23)cc1. The van der Waals surface area contributed by atoms with Crippen molar-refractivity contribution in [3.63, 3.8) is 0 Å². The number of piperidine rings is 1. The first-order valence-electron chi connectivity index (χ1n) is 12.5. The van der Waals surface area contributed by atoms with Crippen LogP contribution in [-0.2, 0) is 0 Å². The van der Waals surface area contributed by atoms with Crippen LogP contribution in [0.1, 0.15) is 35.2 Å². The Morgan fingerprint density at radius 3 is 2.69 bits per heavy atom. The molecule has 1 amide bonds. The van der Waals surface area contributed by atoms with Crippen LogP contribution >= 0.6 is 0 Å². The van der Waals surface area contributed by atoms with Gasteiger partial charge in [-0.25, -0.2) is 9.97 Å². The number of hydrogen-bond donors (Lipinski definition) is 3. The van der Waals surface area contributed by atoms with Gasteiger partial charge >= 0.3 is 0 Å². The van der Waals surface area contributed by atoms with Gasteiger partial charge in [0.1, 0.15) is 5.75 Å². The fourth-order valence-corrected chi connectivity index (χ4v) is 4.77. The Hall–Kier alpha value is -3.91. The summed E-state index contributed by atoms with van der Waals surface area (Å²) >= 11 is 0. The van der Waals surface area contributed by atoms with Gasteiger partial charge in [0.2, 0.25) is 0 Å². The fourth-order valence-electron chi connectivity index (χ4n) is 4.77. The van der Waals surface area contributed by atoms with E-state index in [1.807, 2.05) is 66.2 Å². The van der Waals surface area contributed by atoms with Crippen molar-refractivity contribution in [1.82, 2.24) is 25.0 Å². The number of nitrogens with zero attached hydrogens (tertiary/aromatic N) is 3. The van der Waals surface area contributed by atoms with E-state index in [0.29, 0.717) is 23.8 Å². The maximum absolute atomic E-state index is 12.8. The number of nitrogens with one attached hydrogen (secondary N) is 3. The highest BCUT2D eigenvalue weighted by Gasteiger charge is 2.15. The first-order valence-corrected chi connectivity index (χ1v) is 12.5. The number of ether oxygens (including phenoxy) is 1. The molecule has 2 aromatic heterocycles. The van der Waals surface area contributed by atoms with E-state index < -0.39 is 0 Å². The molecule has 36 heavy (non-hydrogen) atoms. The number of rotatable bonds is 8. The molecule has 0 bridgehead atoms. The lowest BCUT2D eigenvalue weighted by Gasteiger charge is -2.22. The number of methoxy groups -OCH3 is 1. The van der Waals surface area contributed by atoms with Crippen LogP contribution in [0.25, 0.3) is 16.9 Å². The van der Waals surface area contributed by atoms with Crippen molar-refractivity contribution < 1.29 is 9.53 Å². The molecule has 0 atom stereocenters. The Bertz CT molecular complexity index is 1340. The Morgan fingerprint density at radius 2 is 1.94 bits per heavy atom. The molecule has 1 fully saturated rings. The molecule has 2 aromatic carbocycles. The monoisotopic (exact) mass is 484 g/mol. The van der Waals surface area contributed by atoms with Crippen LogP contribution in [-0.4, -0.2) is 47.0 Å². The number of hydrogen-bond acceptors (Lipinski definition) is 6. The van der Waals surface area contributed by atoms with Gasteiger partial charge in [0.15, 0.2) is 11.5 Å². The second-order valence-electron chi connectivity index (χ2n) is 9.23. The summed E-state index contributed by atoms with van der Waals surface area (Å²) in [7, 11) is 1.66. The summed E-state index contributed by atoms with van der Waals surface area (Å²) in [6.45, 7) is 4.83. The average Bonchev–Trinajstić information content (AvgIpc) is 3.35. The Kier molecular flexibility index (Phi) is 7.13. The van der Waals surface area contributed by atoms with Gasteiger partial charge in [0, 0.05) is 35.8 Å². The molecule has 3 heterocycles. The third kappa shape index (κ3) is 5.18. The first-order chi connectivity index (χ1) is 17.6. The Morgan fingerprint density at radius 1 is 1.14 bits per heavy atom. The van der Waals surface area contributed by atoms with Gasteiger partial charge in [-0.3, -0.25) is 9.20 Å². The number of fused-ring (bicyclic) bond motifs is 1. The van der Waals surface area contributed by atoms with Gasteiger partial charge in [-0.1, -0.05) is 0 Å². The van der Waals surface area contributed by atoms with Crippen molar-refractivity contribution in [2.75, 3.05) is 32.1 Å². The third-order valence-corrected chi connectivity index (χ3v) is 6.84. The zero-order valence-corrected chi connectivity index (χ0v) is 20.8. The zero-order valence-electron chi connectivity index (χ0n) is 20.8. The molecule has 0 saturated carbocycles. The second-order valence-corrected chi connectivity index (χ2v) is 9.23. The van der Waals surface area contributed by atoms with Crippen molar-refractivity contribution in [3.05, 3.63) is 72.2 Å². The first kappa shape index (κ1) is 23.8. The molecule has 1 aliphatic heterocycles. The minimum Gasteiger partial charge on any atom is -0.497 e. The van der Waals surface area contributed by atoms with Crippen LogP contribution in [0.5, 0.6) is 5.75 Å². The van der Waals surface area contributed by atoms with E-state index in [0.717, 1.165) is 53.4 Å². The Labute approximate surface area is 211 Å². The van der Waals surface area contributed by atoms with Gasteiger partial charge in [0.05, 0.1) is 19.0 Å². The third-order valence-electron chi connectivity index (χ3n) is 6.84. The number of amides is 1. The number of benzene rings is 2. The number of aryl methyl sites for hydroxylation is 1. The summed E-state index contributed by atoms with van der Waals surface area (Å²) < 4.78 is 7.28. The van der Waals surface area contributed by atoms with Crippen LogP contribution in [0.3, 0.4) is 0 Å². The zero-order chi connectivity index (χ0) is 24.9. The summed E-state index contributed by atoms with van der Waals surface area (Å²) in [6.07, 6.45) is 8.90. The average molecular weight is 485 g/mol. The van der Waals surface area contributed by atoms with Crippen molar-refractivity contribution >= 4 is 23.1 Å². The van der Waals surface area contributed by atoms with Crippen LogP contribution in [0.4, 0.5) is 11.5 Å². The number of anilines is 2. The molecule has 4 aromatic rings. The topological polar surface area (TPSA) is 92.6 Å². The van der Waals surface area contributed by atoms with Gasteiger partial charge < -0.3 is 20.7 Å². The number of aromatic nitrogens is 3. The minimum atomic E-state index is -0.0226. The minimum absolute atomic E-state index is 0.0226. The van der Waals surface area contributed by atoms with E-state index in [9.17, 15) is 4.79 Å². The molecule has 0 spiro atoms. The van der Waals surface area contributed by atoms with Crippen LogP contribution < -0.4 is 20.7 Å². The maximum Gasteiger partial charge on any atom is 0.251 e. The Balaban J connectivity index is 1.28. The predicted molar refractivity (Wildman–Crippen MR) is 142 cm³/mol. The molecular formula is C28H32N6O2. The van der Waals surface area contributed by atoms with E-state index >= 15 is 0 Å². The van der Waals surface area contributed by atoms with Gasteiger partial charge in [-0.15, -0.1) is 0 Å². The largest absolute Gasteiger partial charge is 0.497 e. The van der Waals surface area contributed by atoms with E-state index in [2.05, 4.69) is 25.9 Å². The van der Waals surface area contributed by atoms with Crippen molar-refractivity contribution in [2.45, 2.75) is 26.2 Å². The standard InChI is InChI=1S/C28H32N6O2/c1-19-17-22(5-8-24(19)28(35)31-14-11-20-9-12-29-13-10-20)33-26-27-32-18-25(34(27)16-15-30-26)21-3-6-23(36-2)7-4-21/h3-8,15-18,20,29H,9-14H2,1-2H3,(H,30,33)(H,31,35). The summed E-state index contributed by atoms with van der Waals surface area (Å²) in [4.78, 5) is 21.9. The predicted octanol–water partition coefficient (Wildman–Crippen LogP) is 4.58. The van der Waals surface area contributed by atoms with E-state index in [1.165, 1.54) is 12.8 Å². The molecule has 1 aliphatic rings. The highest BCUT2D eigenvalue weighted by Crippen LogP contribution is 2.27. The summed E-state index contributed by atoms with van der Waals surface area (Å²) in [5, 5.41) is 9.85. The lowest BCUT2D eigenvalue weighted by molar-refractivity contribution is 0.0950. The molecule has 0 radical (unpaired) electrons. The number of carbonyl (C=O) groups excluding carboxylic acids is 1. The summed E-state index contributed by atoms with van der Waals surface area (Å²) in [5.41, 5.74) is 5.18. The molecule has 3 N–H and O–H groups in total. The van der Waals surface area contributed by atoms with Crippen LogP contribution in [0.15, 0.2) is 61.1 Å². The normalized spacial score (nSPS) is 14.1. The fraction of sp³-hybridized carbons (Fsp3) is 0.321. The van der Waals surface area contributed by atoms with Gasteiger partial charge in [-0.2, -0.15) is 0 Å². The van der Waals surface area contributed by atoms with Gasteiger partial charge in [0.25, 0.3) is 5.91 Å². The molecule has 1 saturated heterocycles. The molecule has 186 valence electrons. The van der Waals surface area contributed by atoms with Crippen molar-refractivity contribution in [3.8, 4) is 17.0 Å². The highest BCUT2D eigenvalue weighted by atomic mass is 16.5. The smallest absolute Gasteiger partial charge is 0.251 e. The number of carbonyl (C=O) groups is 1. The van der Waals surface area contributed by atoms with E-state index in [4.69, 9.17) is 4.74 Å². The lowest BCUT2D eigenvalue weighted by atomic mass is 9.95. The van der Waals surface area contributed by atoms with Crippen LogP contribution in [0, 0.1) is 12.8 Å². The molecule has 8 nitrogen and oxygen atoms in total. The quantitative estimate of drug-likeness (QED) is 0.339. The summed E-state index contributed by atoms with van der Waals surface area (Å²) in [6, 6.07) is 13.6. The second kappa shape index (κ2) is 10.8. The molecule has 8 heteroatoms. The molecular weight excluding hydrogens is 452 g/mol. The van der Waals surface area contributed by atoms with Gasteiger partial charge in [-0.05, 0) is 93.2 Å². The molecule has 0 unspecified atom stereocenters. The molecule has 0 aliphatic carbocycles. The van der Waals surface area contributed by atoms with Crippen molar-refractivity contribution in [2.24, 2.45) is 5.92 Å². The van der Waals surface area contributed by atoms with Crippen LogP contribution in [0.2, 0.25) is 0 Å². The van der Waals surface area contributed by atoms with E-state index in [1.54, 1.807) is 13.3 Å². The van der Waals surface area contributed by atoms with E-state index in [-0.39, 0.29) is 5.91 Å². The maximum atomic E-state index is 12.8. The van der Waals surface area contributed by atoms with Crippen molar-refractivity contribution in [1.29, 1.82) is 0 Å². The highest BCUT2D eigenvalue weighted by molar-refractivity contribution is 5.96. The molecule has 5 rings (SSSR count).